The van der Waals surface area contributed by atoms with Crippen LogP contribution in [0.2, 0.25) is 0 Å². The number of ether oxygens (including phenoxy) is 1. The van der Waals surface area contributed by atoms with Crippen molar-refractivity contribution in [2.24, 2.45) is 0 Å². The molecule has 0 saturated heterocycles. The lowest BCUT2D eigenvalue weighted by Gasteiger charge is -2.33. The van der Waals surface area contributed by atoms with Gasteiger partial charge >= 0.3 is 0 Å². The fourth-order valence-electron chi connectivity index (χ4n) is 2.60. The summed E-state index contributed by atoms with van der Waals surface area (Å²) in [4.78, 5) is 0. The number of hydrogen-bond donors (Lipinski definition) is 1. The maximum absolute atomic E-state index is 6.28. The summed E-state index contributed by atoms with van der Waals surface area (Å²) < 4.78 is 6.28. The summed E-state index contributed by atoms with van der Waals surface area (Å²) in [6, 6.07) is 0. The average Bonchev–Trinajstić information content (AvgIpc) is 2.64. The van der Waals surface area contributed by atoms with Crippen molar-refractivity contribution in [3.8, 4) is 0 Å². The lowest BCUT2D eigenvalue weighted by atomic mass is 10.0. The first-order chi connectivity index (χ1) is 7.22. The van der Waals surface area contributed by atoms with Crippen LogP contribution in [0, 0.1) is 0 Å². The molecule has 0 aromatic carbocycles. The normalized spacial score (nSPS) is 21.8. The van der Waals surface area contributed by atoms with Gasteiger partial charge in [0, 0.05) is 6.54 Å². The lowest BCUT2D eigenvalue weighted by Crippen LogP contribution is -2.42. The Kier molecular flexibility index (Phi) is 5.62. The third kappa shape index (κ3) is 4.12. The molecule has 1 unspecified atom stereocenters. The topological polar surface area (TPSA) is 21.3 Å². The zero-order valence-electron chi connectivity index (χ0n) is 10.6. The van der Waals surface area contributed by atoms with Gasteiger partial charge in [-0.3, -0.25) is 0 Å². The molecule has 0 radical (unpaired) electrons. The molecule has 1 saturated carbocycles. The van der Waals surface area contributed by atoms with Crippen molar-refractivity contribution in [2.75, 3.05) is 13.1 Å². The zero-order valence-corrected chi connectivity index (χ0v) is 10.6. The smallest absolute Gasteiger partial charge is 0.0809 e. The van der Waals surface area contributed by atoms with E-state index in [1.54, 1.807) is 0 Å². The number of hydrogen-bond acceptors (Lipinski definition) is 2. The molecule has 90 valence electrons. The SMILES string of the molecule is CCCC(C)OC1(CNCC)CCCC1. The third-order valence-electron chi connectivity index (χ3n) is 3.36. The number of rotatable bonds is 7. The standard InChI is InChI=1S/C13H27NO/c1-4-8-12(3)15-13(11-14-5-2)9-6-7-10-13/h12,14H,4-11H2,1-3H3. The van der Waals surface area contributed by atoms with Crippen LogP contribution in [0.4, 0.5) is 0 Å². The Labute approximate surface area is 94.8 Å². The van der Waals surface area contributed by atoms with Crippen LogP contribution in [0.1, 0.15) is 59.3 Å². The quantitative estimate of drug-likeness (QED) is 0.701. The van der Waals surface area contributed by atoms with Crippen molar-refractivity contribution in [3.05, 3.63) is 0 Å². The van der Waals surface area contributed by atoms with Crippen LogP contribution in [0.5, 0.6) is 0 Å². The van der Waals surface area contributed by atoms with Gasteiger partial charge in [0.25, 0.3) is 0 Å². The average molecular weight is 213 g/mol. The van der Waals surface area contributed by atoms with E-state index in [0.717, 1.165) is 13.1 Å². The molecule has 0 aromatic heterocycles. The van der Waals surface area contributed by atoms with Gasteiger partial charge in [0.15, 0.2) is 0 Å². The molecule has 2 heteroatoms. The van der Waals surface area contributed by atoms with Crippen molar-refractivity contribution in [1.29, 1.82) is 0 Å². The van der Waals surface area contributed by atoms with Gasteiger partial charge in [-0.15, -0.1) is 0 Å². The van der Waals surface area contributed by atoms with E-state index >= 15 is 0 Å². The van der Waals surface area contributed by atoms with E-state index in [2.05, 4.69) is 26.1 Å². The van der Waals surface area contributed by atoms with Crippen LogP contribution >= 0.6 is 0 Å². The highest BCUT2D eigenvalue weighted by Crippen LogP contribution is 2.34. The van der Waals surface area contributed by atoms with Crippen molar-refractivity contribution < 1.29 is 4.74 Å². The van der Waals surface area contributed by atoms with Crippen LogP contribution in [0.3, 0.4) is 0 Å². The highest BCUT2D eigenvalue weighted by Gasteiger charge is 2.35. The summed E-state index contributed by atoms with van der Waals surface area (Å²) in [6.07, 6.45) is 8.00. The van der Waals surface area contributed by atoms with Crippen molar-refractivity contribution >= 4 is 0 Å². The van der Waals surface area contributed by atoms with E-state index < -0.39 is 0 Å². The summed E-state index contributed by atoms with van der Waals surface area (Å²) in [7, 11) is 0. The molecule has 1 aliphatic rings. The van der Waals surface area contributed by atoms with Crippen LogP contribution < -0.4 is 5.32 Å². The van der Waals surface area contributed by atoms with Gasteiger partial charge in [-0.1, -0.05) is 33.1 Å². The molecule has 1 fully saturated rings. The molecule has 0 bridgehead atoms. The van der Waals surface area contributed by atoms with Crippen molar-refractivity contribution in [3.63, 3.8) is 0 Å². The van der Waals surface area contributed by atoms with Crippen LogP contribution in [0.25, 0.3) is 0 Å². The Hall–Kier alpha value is -0.0800. The largest absolute Gasteiger partial charge is 0.371 e. The summed E-state index contributed by atoms with van der Waals surface area (Å²) >= 11 is 0. The van der Waals surface area contributed by atoms with Gasteiger partial charge in [0.2, 0.25) is 0 Å². The fraction of sp³-hybridized carbons (Fsp3) is 1.00. The fourth-order valence-corrected chi connectivity index (χ4v) is 2.60. The van der Waals surface area contributed by atoms with Crippen molar-refractivity contribution in [2.45, 2.75) is 71.0 Å². The maximum atomic E-state index is 6.28. The minimum Gasteiger partial charge on any atom is -0.371 e. The summed E-state index contributed by atoms with van der Waals surface area (Å²) in [6.45, 7) is 8.70. The first kappa shape index (κ1) is 13.0. The Bertz CT molecular complexity index is 164. The predicted molar refractivity (Wildman–Crippen MR) is 65.2 cm³/mol. The number of likely N-dealkylation sites (N-methyl/N-ethyl adjacent to an activating group) is 1. The molecule has 1 N–H and O–H groups in total. The summed E-state index contributed by atoms with van der Waals surface area (Å²) in [5, 5.41) is 3.45. The molecule has 2 nitrogen and oxygen atoms in total. The minimum absolute atomic E-state index is 0.157. The Morgan fingerprint density at radius 3 is 2.47 bits per heavy atom. The monoisotopic (exact) mass is 213 g/mol. The molecule has 0 heterocycles. The zero-order chi connectivity index (χ0) is 11.1. The molecule has 0 aliphatic heterocycles. The van der Waals surface area contributed by atoms with E-state index in [4.69, 9.17) is 4.74 Å². The molecule has 1 atom stereocenters. The van der Waals surface area contributed by atoms with Crippen molar-refractivity contribution in [1.82, 2.24) is 5.32 Å². The Morgan fingerprint density at radius 1 is 1.27 bits per heavy atom. The molecule has 15 heavy (non-hydrogen) atoms. The predicted octanol–water partition coefficient (Wildman–Crippen LogP) is 3.11. The molecule has 1 aliphatic carbocycles. The second-order valence-electron chi connectivity index (χ2n) is 4.89. The van der Waals surface area contributed by atoms with E-state index in [-0.39, 0.29) is 5.60 Å². The van der Waals surface area contributed by atoms with E-state index in [1.165, 1.54) is 38.5 Å². The third-order valence-corrected chi connectivity index (χ3v) is 3.36. The van der Waals surface area contributed by atoms with Crippen LogP contribution in [0.15, 0.2) is 0 Å². The van der Waals surface area contributed by atoms with Gasteiger partial charge in [-0.2, -0.15) is 0 Å². The molecular weight excluding hydrogens is 186 g/mol. The second kappa shape index (κ2) is 6.49. The van der Waals surface area contributed by atoms with Crippen LogP contribution in [-0.2, 0) is 4.74 Å². The number of nitrogens with one attached hydrogen (secondary N) is 1. The first-order valence-electron chi connectivity index (χ1n) is 6.61. The second-order valence-corrected chi connectivity index (χ2v) is 4.89. The van der Waals surface area contributed by atoms with E-state index in [9.17, 15) is 0 Å². The highest BCUT2D eigenvalue weighted by atomic mass is 16.5. The Morgan fingerprint density at radius 2 is 1.93 bits per heavy atom. The molecular formula is C13H27NO. The van der Waals surface area contributed by atoms with Gasteiger partial charge in [0.05, 0.1) is 11.7 Å². The Balaban J connectivity index is 2.41. The molecule has 0 spiro atoms. The molecule has 1 rings (SSSR count). The van der Waals surface area contributed by atoms with Gasteiger partial charge in [-0.05, 0) is 32.7 Å². The van der Waals surface area contributed by atoms with Gasteiger partial charge in [0.1, 0.15) is 0 Å². The maximum Gasteiger partial charge on any atom is 0.0809 e. The summed E-state index contributed by atoms with van der Waals surface area (Å²) in [5.74, 6) is 0. The van der Waals surface area contributed by atoms with Gasteiger partial charge in [-0.25, -0.2) is 0 Å². The highest BCUT2D eigenvalue weighted by molar-refractivity contribution is 4.89. The van der Waals surface area contributed by atoms with Crippen LogP contribution in [-0.4, -0.2) is 24.8 Å². The first-order valence-corrected chi connectivity index (χ1v) is 6.61. The lowest BCUT2D eigenvalue weighted by molar-refractivity contribution is -0.0838. The minimum atomic E-state index is 0.157. The van der Waals surface area contributed by atoms with Gasteiger partial charge < -0.3 is 10.1 Å². The molecule has 0 amide bonds. The molecule has 0 aromatic rings. The summed E-state index contributed by atoms with van der Waals surface area (Å²) in [5.41, 5.74) is 0.157. The van der Waals surface area contributed by atoms with E-state index in [0.29, 0.717) is 6.10 Å². The van der Waals surface area contributed by atoms with E-state index in [1.807, 2.05) is 0 Å².